The van der Waals surface area contributed by atoms with Crippen LogP contribution >= 0.6 is 11.6 Å². The van der Waals surface area contributed by atoms with Crippen LogP contribution in [0.1, 0.15) is 24.1 Å². The van der Waals surface area contributed by atoms with Gasteiger partial charge in [0.1, 0.15) is 0 Å². The molecule has 0 aliphatic rings. The standard InChI is InChI=1S/C16H19ClN2/c1-11-10-13(18)8-9-16(11)19(3)12(2)14-6-4-5-7-15(14)17/h4-10,12H,18H2,1-3H3. The first-order chi connectivity index (χ1) is 9.00. The van der Waals surface area contributed by atoms with Gasteiger partial charge in [0.2, 0.25) is 0 Å². The third kappa shape index (κ3) is 2.85. The molecule has 2 aromatic carbocycles. The van der Waals surface area contributed by atoms with Crippen LogP contribution in [-0.4, -0.2) is 7.05 Å². The average molecular weight is 275 g/mol. The highest BCUT2D eigenvalue weighted by Gasteiger charge is 2.16. The molecule has 1 unspecified atom stereocenters. The van der Waals surface area contributed by atoms with Gasteiger partial charge in [0.05, 0.1) is 6.04 Å². The summed E-state index contributed by atoms with van der Waals surface area (Å²) >= 11 is 6.27. The third-order valence-electron chi connectivity index (χ3n) is 3.54. The molecule has 2 nitrogen and oxygen atoms in total. The molecule has 2 rings (SSSR count). The van der Waals surface area contributed by atoms with E-state index in [0.29, 0.717) is 0 Å². The summed E-state index contributed by atoms with van der Waals surface area (Å²) in [5, 5.41) is 0.801. The van der Waals surface area contributed by atoms with Crippen LogP contribution in [0, 0.1) is 6.92 Å². The Morgan fingerprint density at radius 2 is 1.84 bits per heavy atom. The Morgan fingerprint density at radius 1 is 1.16 bits per heavy atom. The fourth-order valence-corrected chi connectivity index (χ4v) is 2.60. The molecule has 0 saturated heterocycles. The van der Waals surface area contributed by atoms with Crippen molar-refractivity contribution in [2.24, 2.45) is 0 Å². The van der Waals surface area contributed by atoms with Crippen LogP contribution in [0.15, 0.2) is 42.5 Å². The van der Waals surface area contributed by atoms with Crippen LogP contribution in [0.4, 0.5) is 11.4 Å². The van der Waals surface area contributed by atoms with Gasteiger partial charge in [-0.3, -0.25) is 0 Å². The molecule has 3 heteroatoms. The molecule has 0 radical (unpaired) electrons. The Balaban J connectivity index is 2.33. The summed E-state index contributed by atoms with van der Waals surface area (Å²) in [5.41, 5.74) is 10.1. The summed E-state index contributed by atoms with van der Waals surface area (Å²) in [4.78, 5) is 2.22. The number of anilines is 2. The Labute approximate surface area is 119 Å². The predicted molar refractivity (Wildman–Crippen MR) is 83.9 cm³/mol. The highest BCUT2D eigenvalue weighted by molar-refractivity contribution is 6.31. The van der Waals surface area contributed by atoms with E-state index < -0.39 is 0 Å². The van der Waals surface area contributed by atoms with Crippen molar-refractivity contribution < 1.29 is 0 Å². The lowest BCUT2D eigenvalue weighted by atomic mass is 10.1. The van der Waals surface area contributed by atoms with Crippen molar-refractivity contribution in [3.8, 4) is 0 Å². The third-order valence-corrected chi connectivity index (χ3v) is 3.88. The van der Waals surface area contributed by atoms with E-state index in [-0.39, 0.29) is 6.04 Å². The quantitative estimate of drug-likeness (QED) is 0.839. The molecule has 2 N–H and O–H groups in total. The van der Waals surface area contributed by atoms with E-state index in [9.17, 15) is 0 Å². The number of benzene rings is 2. The molecule has 0 aliphatic carbocycles. The molecular formula is C16H19ClN2. The van der Waals surface area contributed by atoms with Crippen molar-refractivity contribution in [1.29, 1.82) is 0 Å². The highest BCUT2D eigenvalue weighted by Crippen LogP contribution is 2.32. The van der Waals surface area contributed by atoms with Gasteiger partial charge >= 0.3 is 0 Å². The molecule has 2 aromatic rings. The summed E-state index contributed by atoms with van der Waals surface area (Å²) in [6.07, 6.45) is 0. The van der Waals surface area contributed by atoms with Gasteiger partial charge in [0.25, 0.3) is 0 Å². The summed E-state index contributed by atoms with van der Waals surface area (Å²) in [5.74, 6) is 0. The maximum absolute atomic E-state index is 6.27. The van der Waals surface area contributed by atoms with Gasteiger partial charge in [-0.15, -0.1) is 0 Å². The molecule has 0 fully saturated rings. The Hall–Kier alpha value is -1.67. The number of nitrogens with zero attached hydrogens (tertiary/aromatic N) is 1. The lowest BCUT2D eigenvalue weighted by Gasteiger charge is -2.29. The van der Waals surface area contributed by atoms with E-state index in [1.807, 2.05) is 30.3 Å². The largest absolute Gasteiger partial charge is 0.399 e. The molecular weight excluding hydrogens is 256 g/mol. The van der Waals surface area contributed by atoms with Gasteiger partial charge in [-0.2, -0.15) is 0 Å². The first-order valence-electron chi connectivity index (χ1n) is 6.34. The zero-order chi connectivity index (χ0) is 14.0. The molecule has 0 spiro atoms. The number of nitrogens with two attached hydrogens (primary N) is 1. The molecule has 0 amide bonds. The maximum atomic E-state index is 6.27. The van der Waals surface area contributed by atoms with E-state index in [1.165, 1.54) is 11.3 Å². The molecule has 0 bridgehead atoms. The minimum Gasteiger partial charge on any atom is -0.399 e. The van der Waals surface area contributed by atoms with Gasteiger partial charge in [-0.1, -0.05) is 29.8 Å². The van der Waals surface area contributed by atoms with E-state index in [2.05, 4.69) is 37.9 Å². The van der Waals surface area contributed by atoms with E-state index in [4.69, 9.17) is 17.3 Å². The topological polar surface area (TPSA) is 29.3 Å². The first kappa shape index (κ1) is 13.8. The van der Waals surface area contributed by atoms with Gasteiger partial charge in [0.15, 0.2) is 0 Å². The molecule has 0 heterocycles. The monoisotopic (exact) mass is 274 g/mol. The number of halogens is 1. The summed E-state index contributed by atoms with van der Waals surface area (Å²) in [6.45, 7) is 4.22. The van der Waals surface area contributed by atoms with Crippen LogP contribution < -0.4 is 10.6 Å². The predicted octanol–water partition coefficient (Wildman–Crippen LogP) is 4.43. The van der Waals surface area contributed by atoms with Crippen molar-refractivity contribution in [3.63, 3.8) is 0 Å². The minimum absolute atomic E-state index is 0.205. The van der Waals surface area contributed by atoms with Gasteiger partial charge < -0.3 is 10.6 Å². The van der Waals surface area contributed by atoms with Gasteiger partial charge in [0, 0.05) is 23.4 Å². The summed E-state index contributed by atoms with van der Waals surface area (Å²) in [6, 6.07) is 14.1. The van der Waals surface area contributed by atoms with Crippen molar-refractivity contribution in [1.82, 2.24) is 0 Å². The van der Waals surface area contributed by atoms with Crippen LogP contribution in [-0.2, 0) is 0 Å². The summed E-state index contributed by atoms with van der Waals surface area (Å²) < 4.78 is 0. The molecule has 0 saturated carbocycles. The number of nitrogen functional groups attached to an aromatic ring is 1. The molecule has 1 atom stereocenters. The second-order valence-corrected chi connectivity index (χ2v) is 5.26. The van der Waals surface area contributed by atoms with E-state index in [1.54, 1.807) is 0 Å². The summed E-state index contributed by atoms with van der Waals surface area (Å²) in [7, 11) is 2.08. The van der Waals surface area contributed by atoms with Crippen molar-refractivity contribution in [3.05, 3.63) is 58.6 Å². The Kier molecular flexibility index (Phi) is 4.01. The minimum atomic E-state index is 0.205. The smallest absolute Gasteiger partial charge is 0.0525 e. The van der Waals surface area contributed by atoms with E-state index in [0.717, 1.165) is 16.3 Å². The second kappa shape index (κ2) is 5.54. The van der Waals surface area contributed by atoms with Crippen LogP contribution in [0.3, 0.4) is 0 Å². The number of hydrogen-bond donors (Lipinski definition) is 1. The fourth-order valence-electron chi connectivity index (χ4n) is 2.31. The van der Waals surface area contributed by atoms with Crippen LogP contribution in [0.5, 0.6) is 0 Å². The van der Waals surface area contributed by atoms with Gasteiger partial charge in [-0.05, 0) is 49.2 Å². The van der Waals surface area contributed by atoms with Crippen molar-refractivity contribution in [2.45, 2.75) is 19.9 Å². The second-order valence-electron chi connectivity index (χ2n) is 4.85. The van der Waals surface area contributed by atoms with Crippen LogP contribution in [0.2, 0.25) is 5.02 Å². The zero-order valence-corrected chi connectivity index (χ0v) is 12.3. The SMILES string of the molecule is Cc1cc(N)ccc1N(C)C(C)c1ccccc1Cl. The first-order valence-corrected chi connectivity index (χ1v) is 6.72. The zero-order valence-electron chi connectivity index (χ0n) is 11.5. The fraction of sp³-hybridized carbons (Fsp3) is 0.250. The normalized spacial score (nSPS) is 12.2. The Bertz CT molecular complexity index is 581. The van der Waals surface area contributed by atoms with Crippen molar-refractivity contribution in [2.75, 3.05) is 17.7 Å². The molecule has 0 aromatic heterocycles. The highest BCUT2D eigenvalue weighted by atomic mass is 35.5. The molecule has 100 valence electrons. The van der Waals surface area contributed by atoms with Gasteiger partial charge in [-0.25, -0.2) is 0 Å². The average Bonchev–Trinajstić information content (AvgIpc) is 2.38. The lowest BCUT2D eigenvalue weighted by molar-refractivity contribution is 0.738. The molecule has 0 aliphatic heterocycles. The van der Waals surface area contributed by atoms with Crippen molar-refractivity contribution >= 4 is 23.0 Å². The lowest BCUT2D eigenvalue weighted by Crippen LogP contribution is -2.22. The number of aryl methyl sites for hydroxylation is 1. The molecule has 19 heavy (non-hydrogen) atoms. The number of hydrogen-bond acceptors (Lipinski definition) is 2. The van der Waals surface area contributed by atoms with E-state index >= 15 is 0 Å². The Morgan fingerprint density at radius 3 is 2.47 bits per heavy atom. The maximum Gasteiger partial charge on any atom is 0.0525 e. The van der Waals surface area contributed by atoms with Crippen LogP contribution in [0.25, 0.3) is 0 Å². The number of rotatable bonds is 3.